The van der Waals surface area contributed by atoms with Crippen molar-refractivity contribution in [2.45, 2.75) is 34.2 Å². The maximum atomic E-state index is 13.0. The van der Waals surface area contributed by atoms with E-state index in [-0.39, 0.29) is 16.9 Å². The summed E-state index contributed by atoms with van der Waals surface area (Å²) in [6.07, 6.45) is 4.01. The molecule has 1 amide bonds. The van der Waals surface area contributed by atoms with Crippen molar-refractivity contribution in [1.82, 2.24) is 19.2 Å². The molecule has 2 aliphatic rings. The second-order valence-corrected chi connectivity index (χ2v) is 9.68. The van der Waals surface area contributed by atoms with Crippen LogP contribution in [0.15, 0.2) is 34.1 Å². The minimum atomic E-state index is -0.0312. The van der Waals surface area contributed by atoms with Crippen molar-refractivity contribution in [3.05, 3.63) is 45.3 Å². The molecule has 28 heavy (non-hydrogen) atoms. The summed E-state index contributed by atoms with van der Waals surface area (Å²) in [6.45, 7) is 12.4. The van der Waals surface area contributed by atoms with Crippen molar-refractivity contribution in [3.63, 3.8) is 0 Å². The van der Waals surface area contributed by atoms with E-state index in [2.05, 4.69) is 43.7 Å². The molecule has 2 aromatic rings. The van der Waals surface area contributed by atoms with E-state index in [1.54, 1.807) is 16.7 Å². The first kappa shape index (κ1) is 19.3. The van der Waals surface area contributed by atoms with Crippen LogP contribution in [0.5, 0.6) is 0 Å². The Hall–Kier alpha value is -1.99. The minimum absolute atomic E-state index is 0.0312. The zero-order valence-electron chi connectivity index (χ0n) is 17.0. The van der Waals surface area contributed by atoms with Gasteiger partial charge in [0.1, 0.15) is 0 Å². The molecule has 3 heterocycles. The van der Waals surface area contributed by atoms with Crippen LogP contribution in [0.4, 0.5) is 0 Å². The lowest BCUT2D eigenvalue weighted by atomic mass is 10.1. The van der Waals surface area contributed by atoms with E-state index in [0.29, 0.717) is 18.4 Å². The second kappa shape index (κ2) is 7.12. The highest BCUT2D eigenvalue weighted by Crippen LogP contribution is 2.60. The Kier molecular flexibility index (Phi) is 4.91. The molecule has 150 valence electrons. The Morgan fingerprint density at radius 2 is 2.00 bits per heavy atom. The summed E-state index contributed by atoms with van der Waals surface area (Å²) >= 11 is 1.47. The van der Waals surface area contributed by atoms with Gasteiger partial charge in [-0.15, -0.1) is 11.3 Å². The van der Waals surface area contributed by atoms with Crippen molar-refractivity contribution in [2.75, 3.05) is 26.2 Å². The van der Waals surface area contributed by atoms with E-state index < -0.39 is 0 Å². The Morgan fingerprint density at radius 1 is 1.29 bits per heavy atom. The van der Waals surface area contributed by atoms with E-state index in [0.717, 1.165) is 36.8 Å². The lowest BCUT2D eigenvalue weighted by molar-refractivity contribution is -0.135. The van der Waals surface area contributed by atoms with Crippen LogP contribution in [-0.4, -0.2) is 51.3 Å². The van der Waals surface area contributed by atoms with Crippen LogP contribution in [-0.2, 0) is 11.3 Å². The van der Waals surface area contributed by atoms with Crippen LogP contribution in [0.25, 0.3) is 4.96 Å². The predicted octanol–water partition coefficient (Wildman–Crippen LogP) is 2.64. The number of hydrogen-bond acceptors (Lipinski definition) is 5. The fraction of sp³-hybridized carbons (Fsp3) is 0.571. The highest BCUT2D eigenvalue weighted by atomic mass is 32.1. The first-order valence-corrected chi connectivity index (χ1v) is 10.8. The van der Waals surface area contributed by atoms with Crippen molar-refractivity contribution in [3.8, 4) is 0 Å². The number of allylic oxidation sites excluding steroid dienone is 2. The van der Waals surface area contributed by atoms with Crippen LogP contribution >= 0.6 is 11.3 Å². The third-order valence-electron chi connectivity index (χ3n) is 6.12. The summed E-state index contributed by atoms with van der Waals surface area (Å²) < 4.78 is 1.57. The summed E-state index contributed by atoms with van der Waals surface area (Å²) in [6, 6.07) is 1.62. The van der Waals surface area contributed by atoms with Crippen LogP contribution in [0, 0.1) is 17.3 Å². The van der Waals surface area contributed by atoms with Gasteiger partial charge in [0.05, 0.1) is 11.6 Å². The summed E-state index contributed by atoms with van der Waals surface area (Å²) in [5.74, 6) is 0.762. The lowest BCUT2D eigenvalue weighted by Crippen LogP contribution is -2.49. The quantitative estimate of drug-likeness (QED) is 0.741. The van der Waals surface area contributed by atoms with E-state index >= 15 is 0 Å². The van der Waals surface area contributed by atoms with E-state index in [9.17, 15) is 9.59 Å². The van der Waals surface area contributed by atoms with Crippen LogP contribution in [0.1, 0.15) is 33.4 Å². The molecule has 1 saturated carbocycles. The SMILES string of the molecule is CC(C)=CC1C(C(=O)N2CCN(Cc3cc(=O)n4ccsc4n3)CC2)C1(C)C. The lowest BCUT2D eigenvalue weighted by Gasteiger charge is -2.35. The first-order valence-electron chi connectivity index (χ1n) is 9.89. The molecule has 0 spiro atoms. The highest BCUT2D eigenvalue weighted by Gasteiger charge is 2.61. The average Bonchev–Trinajstić information content (AvgIpc) is 2.96. The molecule has 4 rings (SSSR count). The largest absolute Gasteiger partial charge is 0.340 e. The monoisotopic (exact) mass is 400 g/mol. The molecule has 1 aliphatic heterocycles. The van der Waals surface area contributed by atoms with Gasteiger partial charge in [-0.05, 0) is 25.2 Å². The van der Waals surface area contributed by atoms with Gasteiger partial charge < -0.3 is 4.90 Å². The van der Waals surface area contributed by atoms with Gasteiger partial charge in [-0.2, -0.15) is 0 Å². The fourth-order valence-corrected chi connectivity index (χ4v) is 5.08. The highest BCUT2D eigenvalue weighted by molar-refractivity contribution is 7.15. The van der Waals surface area contributed by atoms with Gasteiger partial charge in [0, 0.05) is 50.4 Å². The number of nitrogens with zero attached hydrogens (tertiary/aromatic N) is 4. The van der Waals surface area contributed by atoms with E-state index in [1.165, 1.54) is 16.9 Å². The molecule has 2 atom stereocenters. The molecule has 6 nitrogen and oxygen atoms in total. The number of carbonyl (C=O) groups excluding carboxylic acids is 1. The molecule has 2 aromatic heterocycles. The number of thiazole rings is 1. The molecule has 2 fully saturated rings. The molecule has 1 aliphatic carbocycles. The van der Waals surface area contributed by atoms with Crippen molar-refractivity contribution in [1.29, 1.82) is 0 Å². The summed E-state index contributed by atoms with van der Waals surface area (Å²) in [4.78, 5) is 34.8. The summed E-state index contributed by atoms with van der Waals surface area (Å²) in [5.41, 5.74) is 2.12. The molecule has 1 saturated heterocycles. The molecular formula is C21H28N4O2S. The Balaban J connectivity index is 1.36. The number of rotatable bonds is 4. The predicted molar refractivity (Wildman–Crippen MR) is 111 cm³/mol. The Labute approximate surface area is 169 Å². The van der Waals surface area contributed by atoms with E-state index in [4.69, 9.17) is 0 Å². The Morgan fingerprint density at radius 3 is 2.68 bits per heavy atom. The smallest absolute Gasteiger partial charge is 0.258 e. The van der Waals surface area contributed by atoms with Gasteiger partial charge in [-0.25, -0.2) is 4.98 Å². The van der Waals surface area contributed by atoms with Crippen LogP contribution in [0.3, 0.4) is 0 Å². The third-order valence-corrected chi connectivity index (χ3v) is 6.87. The second-order valence-electron chi connectivity index (χ2n) is 8.81. The van der Waals surface area contributed by atoms with Gasteiger partial charge in [0.25, 0.3) is 5.56 Å². The normalized spacial score (nSPS) is 24.4. The fourth-order valence-electron chi connectivity index (χ4n) is 4.34. The van der Waals surface area contributed by atoms with E-state index in [1.807, 2.05) is 10.3 Å². The molecule has 2 unspecified atom stereocenters. The zero-order chi connectivity index (χ0) is 20.1. The van der Waals surface area contributed by atoms with Crippen LogP contribution in [0.2, 0.25) is 0 Å². The van der Waals surface area contributed by atoms with Gasteiger partial charge >= 0.3 is 0 Å². The van der Waals surface area contributed by atoms with Crippen molar-refractivity contribution >= 4 is 22.2 Å². The summed E-state index contributed by atoms with van der Waals surface area (Å²) in [5, 5.41) is 1.87. The zero-order valence-corrected chi connectivity index (χ0v) is 17.8. The van der Waals surface area contributed by atoms with Crippen molar-refractivity contribution in [2.24, 2.45) is 17.3 Å². The van der Waals surface area contributed by atoms with Gasteiger partial charge in [-0.3, -0.25) is 18.9 Å². The molecule has 0 radical (unpaired) electrons. The molecule has 0 bridgehead atoms. The number of amides is 1. The number of hydrogen-bond donors (Lipinski definition) is 0. The standard InChI is InChI=1S/C21H28N4O2S/c1-14(2)11-16-18(21(16,3)4)19(27)24-7-5-23(6-8-24)13-15-12-17(26)25-9-10-28-20(25)22-15/h9-12,16,18H,5-8,13H2,1-4H3. The molecular weight excluding hydrogens is 372 g/mol. The maximum absolute atomic E-state index is 13.0. The number of piperazine rings is 1. The number of carbonyl (C=O) groups is 1. The third kappa shape index (κ3) is 3.53. The van der Waals surface area contributed by atoms with Gasteiger partial charge in [0.15, 0.2) is 4.96 Å². The topological polar surface area (TPSA) is 57.9 Å². The first-order chi connectivity index (χ1) is 13.3. The minimum Gasteiger partial charge on any atom is -0.340 e. The van der Waals surface area contributed by atoms with Crippen LogP contribution < -0.4 is 5.56 Å². The number of aromatic nitrogens is 2. The maximum Gasteiger partial charge on any atom is 0.258 e. The Bertz CT molecular complexity index is 978. The number of fused-ring (bicyclic) bond motifs is 1. The molecule has 7 heteroatoms. The van der Waals surface area contributed by atoms with Gasteiger partial charge in [-0.1, -0.05) is 25.5 Å². The molecule has 0 N–H and O–H groups in total. The van der Waals surface area contributed by atoms with Gasteiger partial charge in [0.2, 0.25) is 5.91 Å². The average molecular weight is 401 g/mol. The van der Waals surface area contributed by atoms with Crippen molar-refractivity contribution < 1.29 is 4.79 Å². The summed E-state index contributed by atoms with van der Waals surface area (Å²) in [7, 11) is 0. The molecule has 0 aromatic carbocycles.